The SMILES string of the molecule is Cc1ccc2c(c1)c1cc(C)ccc1c1nc(-c3ccc(-c4ccc5c(c4)C4C=CC=CC4S5)cc3)cnc21. The average Bonchev–Trinajstić information content (AvgIpc) is 3.35. The number of aryl methyl sites for hydroxylation is 2. The lowest BCUT2D eigenvalue weighted by atomic mass is 9.90. The summed E-state index contributed by atoms with van der Waals surface area (Å²) in [5.41, 5.74) is 10.3. The highest BCUT2D eigenvalue weighted by Gasteiger charge is 2.31. The predicted molar refractivity (Wildman–Crippen MR) is 166 cm³/mol. The average molecular weight is 519 g/mol. The highest BCUT2D eigenvalue weighted by atomic mass is 32.2. The van der Waals surface area contributed by atoms with Crippen LogP contribution in [0.1, 0.15) is 22.6 Å². The van der Waals surface area contributed by atoms with Crippen molar-refractivity contribution >= 4 is 44.3 Å². The molecule has 5 aromatic carbocycles. The topological polar surface area (TPSA) is 25.8 Å². The molecule has 2 aliphatic rings. The second-order valence-corrected chi connectivity index (χ2v) is 12.0. The van der Waals surface area contributed by atoms with E-state index in [-0.39, 0.29) is 0 Å². The molecule has 0 fully saturated rings. The predicted octanol–water partition coefficient (Wildman–Crippen LogP) is 9.57. The molecular formula is C36H26N2S. The maximum absolute atomic E-state index is 5.19. The van der Waals surface area contributed by atoms with Gasteiger partial charge in [0.25, 0.3) is 0 Å². The minimum atomic E-state index is 0.473. The Balaban J connectivity index is 1.21. The fourth-order valence-electron chi connectivity index (χ4n) is 6.14. The molecule has 0 bridgehead atoms. The first-order valence-corrected chi connectivity index (χ1v) is 14.4. The summed E-state index contributed by atoms with van der Waals surface area (Å²) in [6.07, 6.45) is 10.9. The molecule has 1 aliphatic carbocycles. The third-order valence-corrected chi connectivity index (χ3v) is 9.50. The van der Waals surface area contributed by atoms with Crippen molar-refractivity contribution in [3.8, 4) is 22.4 Å². The lowest BCUT2D eigenvalue weighted by Gasteiger charge is -2.15. The number of allylic oxidation sites excluding steroid dienone is 3. The molecule has 8 rings (SSSR count). The Morgan fingerprint density at radius 3 is 2.05 bits per heavy atom. The Bertz CT molecular complexity index is 2020. The first-order valence-electron chi connectivity index (χ1n) is 13.5. The standard InChI is InChI=1S/C36H26N2S/c1-21-7-14-27-29(17-21)30-18-22(2)8-15-28(30)36-35(27)37-20-32(38-36)24-11-9-23(10-12-24)25-13-16-34-31(19-25)26-5-3-4-6-33(26)39-34/h3-20,26,33H,1-2H3. The Morgan fingerprint density at radius 2 is 1.28 bits per heavy atom. The molecule has 2 atom stereocenters. The van der Waals surface area contributed by atoms with Gasteiger partial charge in [-0.3, -0.25) is 4.98 Å². The number of rotatable bonds is 2. The van der Waals surface area contributed by atoms with Crippen LogP contribution in [-0.4, -0.2) is 15.2 Å². The number of hydrogen-bond acceptors (Lipinski definition) is 3. The van der Waals surface area contributed by atoms with E-state index in [2.05, 4.69) is 117 Å². The Morgan fingerprint density at radius 1 is 0.615 bits per heavy atom. The molecule has 2 nitrogen and oxygen atoms in total. The third kappa shape index (κ3) is 3.65. The highest BCUT2D eigenvalue weighted by molar-refractivity contribution is 8.00. The van der Waals surface area contributed by atoms with Gasteiger partial charge in [-0.1, -0.05) is 102 Å². The largest absolute Gasteiger partial charge is 0.252 e. The van der Waals surface area contributed by atoms with Crippen LogP contribution in [0.5, 0.6) is 0 Å². The normalized spacial score (nSPS) is 17.7. The van der Waals surface area contributed by atoms with E-state index in [1.807, 2.05) is 18.0 Å². The molecule has 0 N–H and O–H groups in total. The summed E-state index contributed by atoms with van der Waals surface area (Å²) in [6.45, 7) is 4.29. The molecule has 186 valence electrons. The molecule has 2 unspecified atom stereocenters. The van der Waals surface area contributed by atoms with E-state index in [9.17, 15) is 0 Å². The van der Waals surface area contributed by atoms with Gasteiger partial charge in [-0.2, -0.15) is 0 Å². The summed E-state index contributed by atoms with van der Waals surface area (Å²) in [5.74, 6) is 0.473. The minimum absolute atomic E-state index is 0.473. The molecule has 0 saturated heterocycles. The Labute approximate surface area is 232 Å². The zero-order valence-corrected chi connectivity index (χ0v) is 22.7. The number of hydrogen-bond donors (Lipinski definition) is 0. The molecule has 0 saturated carbocycles. The number of aromatic nitrogens is 2. The quantitative estimate of drug-likeness (QED) is 0.213. The van der Waals surface area contributed by atoms with Gasteiger partial charge in [0.1, 0.15) is 0 Å². The molecule has 1 aromatic heterocycles. The van der Waals surface area contributed by atoms with E-state index < -0.39 is 0 Å². The molecule has 2 heterocycles. The van der Waals surface area contributed by atoms with Gasteiger partial charge in [-0.05, 0) is 53.4 Å². The summed E-state index contributed by atoms with van der Waals surface area (Å²) in [5, 5.41) is 5.31. The van der Waals surface area contributed by atoms with Crippen LogP contribution in [0.25, 0.3) is 55.0 Å². The zero-order chi connectivity index (χ0) is 26.1. The number of nitrogens with zero attached hydrogens (tertiary/aromatic N) is 2. The van der Waals surface area contributed by atoms with Crippen LogP contribution in [0, 0.1) is 13.8 Å². The van der Waals surface area contributed by atoms with Crippen molar-refractivity contribution in [1.29, 1.82) is 0 Å². The van der Waals surface area contributed by atoms with E-state index in [1.54, 1.807) is 0 Å². The van der Waals surface area contributed by atoms with Crippen molar-refractivity contribution in [1.82, 2.24) is 9.97 Å². The van der Waals surface area contributed by atoms with E-state index in [1.165, 1.54) is 43.5 Å². The number of benzene rings is 5. The molecule has 6 aromatic rings. The fraction of sp³-hybridized carbons (Fsp3) is 0.111. The molecule has 0 radical (unpaired) electrons. The lowest BCUT2D eigenvalue weighted by molar-refractivity contribution is 0.881. The van der Waals surface area contributed by atoms with Gasteiger partial charge in [-0.15, -0.1) is 11.8 Å². The second kappa shape index (κ2) is 8.65. The zero-order valence-electron chi connectivity index (χ0n) is 21.8. The van der Waals surface area contributed by atoms with Crippen LogP contribution in [0.2, 0.25) is 0 Å². The lowest BCUT2D eigenvalue weighted by Crippen LogP contribution is -2.06. The molecular weight excluding hydrogens is 492 g/mol. The highest BCUT2D eigenvalue weighted by Crippen LogP contribution is 2.49. The first kappa shape index (κ1) is 22.7. The molecule has 0 amide bonds. The van der Waals surface area contributed by atoms with Gasteiger partial charge in [0.2, 0.25) is 0 Å². The van der Waals surface area contributed by atoms with Crippen molar-refractivity contribution in [2.75, 3.05) is 0 Å². The molecule has 39 heavy (non-hydrogen) atoms. The third-order valence-electron chi connectivity index (χ3n) is 8.15. The van der Waals surface area contributed by atoms with Crippen LogP contribution >= 0.6 is 11.8 Å². The van der Waals surface area contributed by atoms with E-state index in [4.69, 9.17) is 9.97 Å². The van der Waals surface area contributed by atoms with Gasteiger partial charge in [0, 0.05) is 32.4 Å². The van der Waals surface area contributed by atoms with Crippen LogP contribution in [0.15, 0.2) is 114 Å². The maximum atomic E-state index is 5.19. The van der Waals surface area contributed by atoms with Crippen molar-refractivity contribution < 1.29 is 0 Å². The van der Waals surface area contributed by atoms with E-state index >= 15 is 0 Å². The van der Waals surface area contributed by atoms with Crippen LogP contribution < -0.4 is 0 Å². The van der Waals surface area contributed by atoms with Gasteiger partial charge in [0.15, 0.2) is 0 Å². The number of thioether (sulfide) groups is 1. The van der Waals surface area contributed by atoms with Crippen molar-refractivity contribution in [2.45, 2.75) is 29.9 Å². The van der Waals surface area contributed by atoms with Crippen molar-refractivity contribution in [3.63, 3.8) is 0 Å². The van der Waals surface area contributed by atoms with Gasteiger partial charge in [-0.25, -0.2) is 4.98 Å². The Hall–Kier alpha value is -4.21. The molecule has 1 aliphatic heterocycles. The van der Waals surface area contributed by atoms with Crippen LogP contribution in [0.4, 0.5) is 0 Å². The summed E-state index contributed by atoms with van der Waals surface area (Å²) < 4.78 is 0. The minimum Gasteiger partial charge on any atom is -0.252 e. The summed E-state index contributed by atoms with van der Waals surface area (Å²) >= 11 is 1.97. The first-order chi connectivity index (χ1) is 19.1. The second-order valence-electron chi connectivity index (χ2n) is 10.8. The van der Waals surface area contributed by atoms with Gasteiger partial charge >= 0.3 is 0 Å². The van der Waals surface area contributed by atoms with Crippen molar-refractivity contribution in [3.05, 3.63) is 126 Å². The number of fused-ring (bicyclic) bond motifs is 9. The Kier molecular flexibility index (Phi) is 5.05. The van der Waals surface area contributed by atoms with E-state index in [0.717, 1.165) is 33.1 Å². The summed E-state index contributed by atoms with van der Waals surface area (Å²) in [4.78, 5) is 11.6. The molecule has 3 heteroatoms. The van der Waals surface area contributed by atoms with E-state index in [0.29, 0.717) is 11.2 Å². The van der Waals surface area contributed by atoms with Crippen molar-refractivity contribution in [2.24, 2.45) is 0 Å². The van der Waals surface area contributed by atoms with Gasteiger partial charge in [0.05, 0.1) is 22.9 Å². The van der Waals surface area contributed by atoms with Crippen LogP contribution in [0.3, 0.4) is 0 Å². The van der Waals surface area contributed by atoms with Crippen LogP contribution in [-0.2, 0) is 0 Å². The smallest absolute Gasteiger partial charge is 0.0979 e. The monoisotopic (exact) mass is 518 g/mol. The molecule has 0 spiro atoms. The van der Waals surface area contributed by atoms with Gasteiger partial charge < -0.3 is 0 Å². The maximum Gasteiger partial charge on any atom is 0.0979 e. The summed E-state index contributed by atoms with van der Waals surface area (Å²) in [6, 6.07) is 29.0. The fourth-order valence-corrected chi connectivity index (χ4v) is 7.47. The summed E-state index contributed by atoms with van der Waals surface area (Å²) in [7, 11) is 0.